The first kappa shape index (κ1) is 11.9. The van der Waals surface area contributed by atoms with Crippen LogP contribution in [-0.2, 0) is 13.5 Å². The summed E-state index contributed by atoms with van der Waals surface area (Å²) in [5.41, 5.74) is 9.86. The summed E-state index contributed by atoms with van der Waals surface area (Å²) in [7, 11) is 1.95. The molecular weight excluding hydrogens is 210 g/mol. The van der Waals surface area contributed by atoms with Gasteiger partial charge in [-0.05, 0) is 25.3 Å². The lowest BCUT2D eigenvalue weighted by molar-refractivity contribution is 0.643. The Labute approximate surface area is 102 Å². The fraction of sp³-hybridized carbons (Fsp3) is 0.357. The van der Waals surface area contributed by atoms with E-state index in [9.17, 15) is 0 Å². The minimum Gasteiger partial charge on any atom is -0.324 e. The molecule has 0 amide bonds. The maximum absolute atomic E-state index is 6.20. The Kier molecular flexibility index (Phi) is 3.59. The van der Waals surface area contributed by atoms with Gasteiger partial charge in [0.1, 0.15) is 0 Å². The quantitative estimate of drug-likeness (QED) is 0.874. The second-order valence-electron chi connectivity index (χ2n) is 4.44. The number of rotatable bonds is 4. The van der Waals surface area contributed by atoms with E-state index in [1.807, 2.05) is 24.0 Å². The number of nitrogens with two attached hydrogens (primary N) is 1. The lowest BCUT2D eigenvalue weighted by atomic mass is 10.0. The number of hydrogen-bond donors (Lipinski definition) is 1. The van der Waals surface area contributed by atoms with Crippen molar-refractivity contribution in [3.05, 3.63) is 53.3 Å². The van der Waals surface area contributed by atoms with Crippen molar-refractivity contribution in [1.29, 1.82) is 0 Å². The van der Waals surface area contributed by atoms with E-state index in [0.717, 1.165) is 24.1 Å². The molecule has 0 saturated carbocycles. The van der Waals surface area contributed by atoms with Crippen LogP contribution in [0.4, 0.5) is 0 Å². The molecule has 17 heavy (non-hydrogen) atoms. The van der Waals surface area contributed by atoms with Gasteiger partial charge in [0.25, 0.3) is 0 Å². The maximum Gasteiger partial charge on any atom is 0.0540 e. The SMILES string of the molecule is Cc1c(C(N)CCc2ccccc2)cnn1C. The van der Waals surface area contributed by atoms with Crippen LogP contribution >= 0.6 is 0 Å². The van der Waals surface area contributed by atoms with Gasteiger partial charge in [-0.3, -0.25) is 4.68 Å². The van der Waals surface area contributed by atoms with Crippen LogP contribution < -0.4 is 5.73 Å². The second-order valence-corrected chi connectivity index (χ2v) is 4.44. The average Bonchev–Trinajstić information content (AvgIpc) is 2.69. The Bertz CT molecular complexity index is 473. The monoisotopic (exact) mass is 229 g/mol. The second kappa shape index (κ2) is 5.15. The van der Waals surface area contributed by atoms with Gasteiger partial charge >= 0.3 is 0 Å². The summed E-state index contributed by atoms with van der Waals surface area (Å²) in [4.78, 5) is 0. The predicted octanol–water partition coefficient (Wildman–Crippen LogP) is 2.36. The van der Waals surface area contributed by atoms with E-state index in [4.69, 9.17) is 5.73 Å². The van der Waals surface area contributed by atoms with Crippen LogP contribution in [0, 0.1) is 6.92 Å². The third-order valence-electron chi connectivity index (χ3n) is 3.26. The van der Waals surface area contributed by atoms with Gasteiger partial charge in [0.2, 0.25) is 0 Å². The molecule has 1 unspecified atom stereocenters. The molecule has 0 bridgehead atoms. The molecule has 1 aromatic heterocycles. The number of hydrogen-bond acceptors (Lipinski definition) is 2. The molecule has 0 aliphatic heterocycles. The van der Waals surface area contributed by atoms with E-state index < -0.39 is 0 Å². The summed E-state index contributed by atoms with van der Waals surface area (Å²) in [5, 5.41) is 4.23. The molecule has 0 aliphatic rings. The molecule has 2 N–H and O–H groups in total. The Balaban J connectivity index is 1.98. The zero-order valence-corrected chi connectivity index (χ0v) is 10.4. The molecule has 1 aromatic carbocycles. The molecule has 90 valence electrons. The van der Waals surface area contributed by atoms with Gasteiger partial charge in [-0.1, -0.05) is 30.3 Å². The van der Waals surface area contributed by atoms with Crippen LogP contribution in [-0.4, -0.2) is 9.78 Å². The van der Waals surface area contributed by atoms with Crippen molar-refractivity contribution in [1.82, 2.24) is 9.78 Å². The molecule has 3 heteroatoms. The third kappa shape index (κ3) is 2.74. The van der Waals surface area contributed by atoms with Crippen LogP contribution in [0.1, 0.15) is 29.3 Å². The molecule has 2 aromatic rings. The topological polar surface area (TPSA) is 43.8 Å². The summed E-state index contributed by atoms with van der Waals surface area (Å²) < 4.78 is 1.87. The van der Waals surface area contributed by atoms with Crippen molar-refractivity contribution in [3.8, 4) is 0 Å². The fourth-order valence-electron chi connectivity index (χ4n) is 2.00. The van der Waals surface area contributed by atoms with Gasteiger partial charge in [0.05, 0.1) is 6.20 Å². The highest BCUT2D eigenvalue weighted by Crippen LogP contribution is 2.19. The van der Waals surface area contributed by atoms with Gasteiger partial charge in [-0.2, -0.15) is 5.10 Å². The molecule has 0 aliphatic carbocycles. The van der Waals surface area contributed by atoms with Crippen molar-refractivity contribution in [2.45, 2.75) is 25.8 Å². The van der Waals surface area contributed by atoms with E-state index in [2.05, 4.69) is 36.3 Å². The smallest absolute Gasteiger partial charge is 0.0540 e. The Hall–Kier alpha value is -1.61. The molecule has 3 nitrogen and oxygen atoms in total. The molecule has 0 radical (unpaired) electrons. The summed E-state index contributed by atoms with van der Waals surface area (Å²) in [6.45, 7) is 2.06. The van der Waals surface area contributed by atoms with Crippen molar-refractivity contribution < 1.29 is 0 Å². The lowest BCUT2D eigenvalue weighted by Crippen LogP contribution is -2.12. The van der Waals surface area contributed by atoms with Crippen molar-refractivity contribution in [2.75, 3.05) is 0 Å². The van der Waals surface area contributed by atoms with E-state index in [0.29, 0.717) is 0 Å². The summed E-state index contributed by atoms with van der Waals surface area (Å²) in [6.07, 6.45) is 3.85. The summed E-state index contributed by atoms with van der Waals surface area (Å²) in [5.74, 6) is 0. The lowest BCUT2D eigenvalue weighted by Gasteiger charge is -2.11. The standard InChI is InChI=1S/C14H19N3/c1-11-13(10-16-17(11)2)14(15)9-8-12-6-4-3-5-7-12/h3-7,10,14H,8-9,15H2,1-2H3. The first-order valence-corrected chi connectivity index (χ1v) is 5.96. The highest BCUT2D eigenvalue weighted by molar-refractivity contribution is 5.21. The zero-order chi connectivity index (χ0) is 12.3. The highest BCUT2D eigenvalue weighted by atomic mass is 15.3. The van der Waals surface area contributed by atoms with Crippen LogP contribution in [0.25, 0.3) is 0 Å². The first-order valence-electron chi connectivity index (χ1n) is 5.96. The Morgan fingerprint density at radius 2 is 2.00 bits per heavy atom. The zero-order valence-electron chi connectivity index (χ0n) is 10.4. The van der Waals surface area contributed by atoms with Crippen molar-refractivity contribution >= 4 is 0 Å². The van der Waals surface area contributed by atoms with Crippen LogP contribution in [0.2, 0.25) is 0 Å². The van der Waals surface area contributed by atoms with E-state index in [1.165, 1.54) is 5.56 Å². The molecule has 0 saturated heterocycles. The average molecular weight is 229 g/mol. The molecule has 0 spiro atoms. The van der Waals surface area contributed by atoms with Gasteiger partial charge in [-0.25, -0.2) is 0 Å². The molecule has 1 atom stereocenters. The largest absolute Gasteiger partial charge is 0.324 e. The van der Waals surface area contributed by atoms with E-state index >= 15 is 0 Å². The Morgan fingerprint density at radius 1 is 1.29 bits per heavy atom. The van der Waals surface area contributed by atoms with Crippen LogP contribution in [0.15, 0.2) is 36.5 Å². The summed E-state index contributed by atoms with van der Waals surface area (Å²) >= 11 is 0. The van der Waals surface area contributed by atoms with E-state index in [1.54, 1.807) is 0 Å². The fourth-order valence-corrected chi connectivity index (χ4v) is 2.00. The summed E-state index contributed by atoms with van der Waals surface area (Å²) in [6, 6.07) is 10.5. The van der Waals surface area contributed by atoms with Crippen LogP contribution in [0.5, 0.6) is 0 Å². The number of benzene rings is 1. The van der Waals surface area contributed by atoms with Crippen LogP contribution in [0.3, 0.4) is 0 Å². The first-order chi connectivity index (χ1) is 8.18. The molecule has 0 fully saturated rings. The normalized spacial score (nSPS) is 12.6. The minimum atomic E-state index is 0.0731. The number of aryl methyl sites for hydroxylation is 2. The predicted molar refractivity (Wildman–Crippen MR) is 69.6 cm³/mol. The van der Waals surface area contributed by atoms with Gasteiger partial charge in [0, 0.05) is 24.3 Å². The number of aromatic nitrogens is 2. The van der Waals surface area contributed by atoms with Crippen molar-refractivity contribution in [2.24, 2.45) is 12.8 Å². The third-order valence-corrected chi connectivity index (χ3v) is 3.26. The van der Waals surface area contributed by atoms with E-state index in [-0.39, 0.29) is 6.04 Å². The van der Waals surface area contributed by atoms with Crippen molar-refractivity contribution in [3.63, 3.8) is 0 Å². The van der Waals surface area contributed by atoms with Gasteiger partial charge in [0.15, 0.2) is 0 Å². The maximum atomic E-state index is 6.20. The van der Waals surface area contributed by atoms with Gasteiger partial charge < -0.3 is 5.73 Å². The van der Waals surface area contributed by atoms with Gasteiger partial charge in [-0.15, -0.1) is 0 Å². The molecule has 2 rings (SSSR count). The highest BCUT2D eigenvalue weighted by Gasteiger charge is 2.12. The minimum absolute atomic E-state index is 0.0731. The Morgan fingerprint density at radius 3 is 2.59 bits per heavy atom. The molecular formula is C14H19N3. The number of nitrogens with zero attached hydrogens (tertiary/aromatic N) is 2. The molecule has 1 heterocycles.